The molecule has 4 rings (SSSR count). The lowest BCUT2D eigenvalue weighted by molar-refractivity contribution is 0.0761. The Bertz CT molecular complexity index is 900. The van der Waals surface area contributed by atoms with Crippen molar-refractivity contribution >= 4 is 16.9 Å². The Kier molecular flexibility index (Phi) is 4.66. The number of nitrogens with zero attached hydrogens (tertiary/aromatic N) is 5. The molecule has 8 nitrogen and oxygen atoms in total. The molecule has 1 aliphatic rings. The van der Waals surface area contributed by atoms with Gasteiger partial charge in [-0.1, -0.05) is 6.92 Å². The van der Waals surface area contributed by atoms with Gasteiger partial charge in [0.1, 0.15) is 11.6 Å². The Hall–Kier alpha value is -2.74. The maximum Gasteiger partial charge on any atom is 0.253 e. The molecule has 2 N–H and O–H groups in total. The van der Waals surface area contributed by atoms with E-state index in [0.29, 0.717) is 12.1 Å². The van der Waals surface area contributed by atoms with Crippen LogP contribution in [0.25, 0.3) is 11.0 Å². The van der Waals surface area contributed by atoms with Gasteiger partial charge in [0.25, 0.3) is 5.91 Å². The van der Waals surface area contributed by atoms with Gasteiger partial charge in [0.2, 0.25) is 0 Å². The van der Waals surface area contributed by atoms with Crippen LogP contribution in [0.3, 0.4) is 0 Å². The van der Waals surface area contributed by atoms with Crippen LogP contribution < -0.4 is 0 Å². The summed E-state index contributed by atoms with van der Waals surface area (Å²) in [6.07, 6.45) is 3.43. The molecule has 136 valence electrons. The zero-order valence-corrected chi connectivity index (χ0v) is 14.9. The van der Waals surface area contributed by atoms with Crippen molar-refractivity contribution in [3.8, 4) is 0 Å². The zero-order chi connectivity index (χ0) is 17.9. The van der Waals surface area contributed by atoms with Crippen molar-refractivity contribution in [3.63, 3.8) is 0 Å². The summed E-state index contributed by atoms with van der Waals surface area (Å²) in [6, 6.07) is 5.63. The van der Waals surface area contributed by atoms with Crippen LogP contribution >= 0.6 is 0 Å². The first-order valence-electron chi connectivity index (χ1n) is 9.08. The Morgan fingerprint density at radius 3 is 3.00 bits per heavy atom. The SMILES string of the molecule is CCc1n[nH]c(CN2CCCN(C(=O)c3ccc4nc[nH]c4c3)CC2)n1. The van der Waals surface area contributed by atoms with Gasteiger partial charge in [-0.3, -0.25) is 14.8 Å². The first-order chi connectivity index (χ1) is 12.7. The van der Waals surface area contributed by atoms with Crippen molar-refractivity contribution < 1.29 is 4.79 Å². The molecular formula is C18H23N7O. The highest BCUT2D eigenvalue weighted by atomic mass is 16.2. The van der Waals surface area contributed by atoms with Crippen molar-refractivity contribution in [3.05, 3.63) is 41.7 Å². The van der Waals surface area contributed by atoms with E-state index in [-0.39, 0.29) is 5.91 Å². The number of aromatic amines is 2. The molecule has 1 saturated heterocycles. The number of hydrogen-bond donors (Lipinski definition) is 2. The number of aryl methyl sites for hydroxylation is 1. The fraction of sp³-hybridized carbons (Fsp3) is 0.444. The van der Waals surface area contributed by atoms with E-state index in [4.69, 9.17) is 0 Å². The topological polar surface area (TPSA) is 93.8 Å². The second kappa shape index (κ2) is 7.25. The van der Waals surface area contributed by atoms with Crippen molar-refractivity contribution in [2.75, 3.05) is 26.2 Å². The van der Waals surface area contributed by atoms with Gasteiger partial charge < -0.3 is 9.88 Å². The quantitative estimate of drug-likeness (QED) is 0.743. The monoisotopic (exact) mass is 353 g/mol. The summed E-state index contributed by atoms with van der Waals surface area (Å²) in [5.41, 5.74) is 2.48. The molecule has 1 aromatic carbocycles. The van der Waals surface area contributed by atoms with E-state index in [9.17, 15) is 4.79 Å². The molecule has 8 heteroatoms. The lowest BCUT2D eigenvalue weighted by Gasteiger charge is -2.21. The third-order valence-electron chi connectivity index (χ3n) is 4.81. The molecule has 1 amide bonds. The molecule has 3 aromatic rings. The highest BCUT2D eigenvalue weighted by molar-refractivity contribution is 5.97. The predicted molar refractivity (Wildman–Crippen MR) is 97.7 cm³/mol. The molecule has 2 aromatic heterocycles. The van der Waals surface area contributed by atoms with Crippen LogP contribution in [0.4, 0.5) is 0 Å². The summed E-state index contributed by atoms with van der Waals surface area (Å²) in [4.78, 5) is 28.9. The maximum atomic E-state index is 12.9. The van der Waals surface area contributed by atoms with Crippen LogP contribution in [-0.2, 0) is 13.0 Å². The molecule has 0 unspecified atom stereocenters. The highest BCUT2D eigenvalue weighted by Crippen LogP contribution is 2.15. The minimum absolute atomic E-state index is 0.0799. The number of H-pyrrole nitrogens is 2. The van der Waals surface area contributed by atoms with E-state index in [0.717, 1.165) is 61.7 Å². The second-order valence-electron chi connectivity index (χ2n) is 6.61. The molecule has 0 saturated carbocycles. The van der Waals surface area contributed by atoms with Crippen LogP contribution in [0.1, 0.15) is 35.4 Å². The minimum Gasteiger partial charge on any atom is -0.345 e. The first kappa shape index (κ1) is 16.7. The van der Waals surface area contributed by atoms with Crippen LogP contribution in [-0.4, -0.2) is 67.0 Å². The predicted octanol–water partition coefficient (Wildman–Crippen LogP) is 1.59. The molecule has 3 heterocycles. The van der Waals surface area contributed by atoms with E-state index >= 15 is 0 Å². The van der Waals surface area contributed by atoms with Gasteiger partial charge in [-0.15, -0.1) is 0 Å². The maximum absolute atomic E-state index is 12.9. The first-order valence-corrected chi connectivity index (χ1v) is 9.08. The van der Waals surface area contributed by atoms with Gasteiger partial charge in [-0.25, -0.2) is 9.97 Å². The molecule has 0 radical (unpaired) electrons. The van der Waals surface area contributed by atoms with Crippen molar-refractivity contribution in [2.24, 2.45) is 0 Å². The van der Waals surface area contributed by atoms with Gasteiger partial charge in [0, 0.05) is 38.2 Å². The average Bonchev–Trinajstić information content (AvgIpc) is 3.25. The third-order valence-corrected chi connectivity index (χ3v) is 4.81. The molecule has 0 spiro atoms. The number of benzene rings is 1. The number of aromatic nitrogens is 5. The number of imidazole rings is 1. The number of fused-ring (bicyclic) bond motifs is 1. The largest absolute Gasteiger partial charge is 0.345 e. The summed E-state index contributed by atoms with van der Waals surface area (Å²) < 4.78 is 0. The van der Waals surface area contributed by atoms with Crippen molar-refractivity contribution in [2.45, 2.75) is 26.3 Å². The van der Waals surface area contributed by atoms with E-state index < -0.39 is 0 Å². The fourth-order valence-electron chi connectivity index (χ4n) is 3.36. The number of rotatable bonds is 4. The van der Waals surface area contributed by atoms with Crippen LogP contribution in [0.15, 0.2) is 24.5 Å². The lowest BCUT2D eigenvalue weighted by Crippen LogP contribution is -2.35. The normalized spacial score (nSPS) is 16.1. The number of nitrogens with one attached hydrogen (secondary N) is 2. The van der Waals surface area contributed by atoms with E-state index in [2.05, 4.69) is 30.0 Å². The van der Waals surface area contributed by atoms with Crippen LogP contribution in [0, 0.1) is 0 Å². The van der Waals surface area contributed by atoms with Gasteiger partial charge in [-0.05, 0) is 24.6 Å². The molecular weight excluding hydrogens is 330 g/mol. The molecule has 1 aliphatic heterocycles. The zero-order valence-electron chi connectivity index (χ0n) is 14.9. The van der Waals surface area contributed by atoms with Gasteiger partial charge in [0.15, 0.2) is 0 Å². The smallest absolute Gasteiger partial charge is 0.253 e. The Morgan fingerprint density at radius 1 is 1.23 bits per heavy atom. The Morgan fingerprint density at radius 2 is 2.15 bits per heavy atom. The molecule has 26 heavy (non-hydrogen) atoms. The lowest BCUT2D eigenvalue weighted by atomic mass is 10.1. The van der Waals surface area contributed by atoms with Crippen LogP contribution in [0.2, 0.25) is 0 Å². The standard InChI is InChI=1S/C18H23N7O/c1-2-16-21-17(23-22-16)11-24-6-3-7-25(9-8-24)18(26)13-4-5-14-15(10-13)20-12-19-14/h4-5,10,12H,2-3,6-9,11H2,1H3,(H,19,20)(H,21,22,23). The second-order valence-corrected chi connectivity index (χ2v) is 6.61. The summed E-state index contributed by atoms with van der Waals surface area (Å²) in [7, 11) is 0. The van der Waals surface area contributed by atoms with Gasteiger partial charge >= 0.3 is 0 Å². The Balaban J connectivity index is 1.40. The summed E-state index contributed by atoms with van der Waals surface area (Å²) in [5, 5.41) is 7.20. The molecule has 0 atom stereocenters. The average molecular weight is 353 g/mol. The van der Waals surface area contributed by atoms with Crippen molar-refractivity contribution in [1.82, 2.24) is 34.9 Å². The number of carbonyl (C=O) groups excluding carboxylic acids is 1. The summed E-state index contributed by atoms with van der Waals surface area (Å²) in [6.45, 7) is 6.06. The van der Waals surface area contributed by atoms with Crippen molar-refractivity contribution in [1.29, 1.82) is 0 Å². The Labute approximate surface area is 151 Å². The van der Waals surface area contributed by atoms with E-state index in [1.165, 1.54) is 0 Å². The number of amides is 1. The fourth-order valence-corrected chi connectivity index (χ4v) is 3.36. The molecule has 1 fully saturated rings. The molecule has 0 aliphatic carbocycles. The number of hydrogen-bond acceptors (Lipinski definition) is 5. The third kappa shape index (κ3) is 3.45. The van der Waals surface area contributed by atoms with Crippen LogP contribution in [0.5, 0.6) is 0 Å². The minimum atomic E-state index is 0.0799. The van der Waals surface area contributed by atoms with Gasteiger partial charge in [0.05, 0.1) is 23.9 Å². The number of carbonyl (C=O) groups is 1. The summed E-state index contributed by atoms with van der Waals surface area (Å²) >= 11 is 0. The van der Waals surface area contributed by atoms with E-state index in [1.54, 1.807) is 6.33 Å². The van der Waals surface area contributed by atoms with Gasteiger partial charge in [-0.2, -0.15) is 5.10 Å². The highest BCUT2D eigenvalue weighted by Gasteiger charge is 2.21. The van der Waals surface area contributed by atoms with E-state index in [1.807, 2.05) is 30.0 Å². The molecule has 0 bridgehead atoms. The summed E-state index contributed by atoms with van der Waals surface area (Å²) in [5.74, 6) is 1.82.